The van der Waals surface area contributed by atoms with Crippen LogP contribution < -0.4 is 14.8 Å². The van der Waals surface area contributed by atoms with E-state index in [4.69, 9.17) is 26.1 Å². The quantitative estimate of drug-likeness (QED) is 0.946. The Balaban J connectivity index is 2.08. The van der Waals surface area contributed by atoms with E-state index in [2.05, 4.69) is 5.32 Å². The van der Waals surface area contributed by atoms with Crippen molar-refractivity contribution in [1.82, 2.24) is 10.3 Å². The third-order valence-corrected chi connectivity index (χ3v) is 4.82. The predicted molar refractivity (Wildman–Crippen MR) is 81.1 cm³/mol. The molecule has 1 aliphatic heterocycles. The van der Waals surface area contributed by atoms with Crippen LogP contribution in [0.15, 0.2) is 12.1 Å². The molecule has 1 aromatic carbocycles. The molecule has 6 heteroatoms. The average molecular weight is 311 g/mol. The van der Waals surface area contributed by atoms with Crippen molar-refractivity contribution in [2.45, 2.75) is 13.0 Å². The Kier molecular flexibility index (Phi) is 3.83. The van der Waals surface area contributed by atoms with Gasteiger partial charge in [-0.15, -0.1) is 11.3 Å². The highest BCUT2D eigenvalue weighted by Crippen LogP contribution is 2.43. The molecule has 0 fully saturated rings. The second kappa shape index (κ2) is 5.60. The first-order valence-corrected chi connectivity index (χ1v) is 7.54. The van der Waals surface area contributed by atoms with Gasteiger partial charge >= 0.3 is 0 Å². The van der Waals surface area contributed by atoms with Crippen LogP contribution in [0.1, 0.15) is 10.6 Å². The summed E-state index contributed by atoms with van der Waals surface area (Å²) in [6.45, 7) is 1.87. The summed E-state index contributed by atoms with van der Waals surface area (Å²) in [5.41, 5.74) is 2.07. The maximum absolute atomic E-state index is 6.44. The molecule has 2 heterocycles. The van der Waals surface area contributed by atoms with Crippen LogP contribution in [-0.4, -0.2) is 25.7 Å². The van der Waals surface area contributed by atoms with Crippen molar-refractivity contribution < 1.29 is 9.47 Å². The van der Waals surface area contributed by atoms with Gasteiger partial charge in [-0.2, -0.15) is 0 Å². The lowest BCUT2D eigenvalue weighted by Gasteiger charge is -2.11. The number of nitrogens with zero attached hydrogens (tertiary/aromatic N) is 1. The van der Waals surface area contributed by atoms with Crippen molar-refractivity contribution in [3.05, 3.63) is 27.7 Å². The minimum absolute atomic E-state index is 0.547. The number of fused-ring (bicyclic) bond motifs is 1. The molecule has 1 N–H and O–H groups in total. The van der Waals surface area contributed by atoms with Crippen molar-refractivity contribution in [3.63, 3.8) is 0 Å². The van der Waals surface area contributed by atoms with Gasteiger partial charge in [0, 0.05) is 30.0 Å². The molecular formula is C14H15ClN2O2S. The lowest BCUT2D eigenvalue weighted by Crippen LogP contribution is -2.22. The molecule has 0 spiro atoms. The smallest absolute Gasteiger partial charge is 0.180 e. The number of rotatable bonds is 3. The van der Waals surface area contributed by atoms with Crippen molar-refractivity contribution in [3.8, 4) is 22.1 Å². The van der Waals surface area contributed by atoms with Gasteiger partial charge in [-0.3, -0.25) is 0 Å². The number of methoxy groups -OCH3 is 2. The van der Waals surface area contributed by atoms with Crippen molar-refractivity contribution in [2.75, 3.05) is 20.8 Å². The van der Waals surface area contributed by atoms with Crippen molar-refractivity contribution >= 4 is 22.9 Å². The first kappa shape index (κ1) is 13.7. The zero-order valence-electron chi connectivity index (χ0n) is 11.3. The topological polar surface area (TPSA) is 43.4 Å². The van der Waals surface area contributed by atoms with E-state index >= 15 is 0 Å². The molecule has 0 radical (unpaired) electrons. The van der Waals surface area contributed by atoms with Crippen LogP contribution in [0.4, 0.5) is 0 Å². The number of thiazole rings is 1. The summed E-state index contributed by atoms with van der Waals surface area (Å²) < 4.78 is 10.6. The fourth-order valence-corrected chi connectivity index (χ4v) is 3.78. The monoisotopic (exact) mass is 310 g/mol. The van der Waals surface area contributed by atoms with Crippen LogP contribution in [0.5, 0.6) is 11.5 Å². The number of hydrogen-bond donors (Lipinski definition) is 1. The fourth-order valence-electron chi connectivity index (χ4n) is 2.30. The SMILES string of the molecule is COc1ccc(-c2nc3c(s2)CNCC3)c(Cl)c1OC. The standard InChI is InChI=1S/C14H15ClN2O2S/c1-18-10-4-3-8(12(15)13(10)19-2)14-17-9-5-6-16-7-11(9)20-14/h3-4,16H,5-7H2,1-2H3. The number of benzene rings is 1. The lowest BCUT2D eigenvalue weighted by atomic mass is 10.2. The Labute approximate surface area is 126 Å². The number of aromatic nitrogens is 1. The minimum Gasteiger partial charge on any atom is -0.493 e. The van der Waals surface area contributed by atoms with Crippen molar-refractivity contribution in [2.24, 2.45) is 0 Å². The van der Waals surface area contributed by atoms with Gasteiger partial charge in [-0.05, 0) is 12.1 Å². The molecule has 20 heavy (non-hydrogen) atoms. The molecule has 106 valence electrons. The van der Waals surface area contributed by atoms with Gasteiger partial charge in [0.1, 0.15) is 5.01 Å². The molecular weight excluding hydrogens is 296 g/mol. The number of nitrogens with one attached hydrogen (secondary N) is 1. The molecule has 0 aliphatic carbocycles. The highest BCUT2D eigenvalue weighted by molar-refractivity contribution is 7.15. The summed E-state index contributed by atoms with van der Waals surface area (Å²) >= 11 is 8.12. The van der Waals surface area contributed by atoms with E-state index < -0.39 is 0 Å². The number of ether oxygens (including phenoxy) is 2. The average Bonchev–Trinajstić information content (AvgIpc) is 2.90. The normalized spacial score (nSPS) is 13.9. The Morgan fingerprint density at radius 2 is 2.15 bits per heavy atom. The van der Waals surface area contributed by atoms with Crippen LogP contribution in [0.25, 0.3) is 10.6 Å². The Bertz CT molecular complexity index is 619. The molecule has 0 saturated heterocycles. The molecule has 0 atom stereocenters. The molecule has 0 bridgehead atoms. The minimum atomic E-state index is 0.547. The zero-order valence-corrected chi connectivity index (χ0v) is 12.9. The lowest BCUT2D eigenvalue weighted by molar-refractivity contribution is 0.355. The molecule has 1 aromatic heterocycles. The van der Waals surface area contributed by atoms with Crippen LogP contribution in [-0.2, 0) is 13.0 Å². The Hall–Kier alpha value is -1.30. The zero-order chi connectivity index (χ0) is 14.1. The largest absolute Gasteiger partial charge is 0.493 e. The van der Waals surface area contributed by atoms with E-state index in [9.17, 15) is 0 Å². The molecule has 4 nitrogen and oxygen atoms in total. The maximum Gasteiger partial charge on any atom is 0.180 e. The van der Waals surface area contributed by atoms with Crippen molar-refractivity contribution in [1.29, 1.82) is 0 Å². The molecule has 3 rings (SSSR count). The summed E-state index contributed by atoms with van der Waals surface area (Å²) in [4.78, 5) is 6.00. The van der Waals surface area contributed by atoms with E-state index in [0.29, 0.717) is 16.5 Å². The highest BCUT2D eigenvalue weighted by atomic mass is 35.5. The van der Waals surface area contributed by atoms with Crippen LogP contribution in [0.2, 0.25) is 5.02 Å². The molecule has 2 aromatic rings. The first-order valence-electron chi connectivity index (χ1n) is 6.34. The van der Waals surface area contributed by atoms with E-state index in [-0.39, 0.29) is 0 Å². The summed E-state index contributed by atoms with van der Waals surface area (Å²) in [5, 5.41) is 4.84. The molecule has 0 saturated carbocycles. The van der Waals surface area contributed by atoms with Gasteiger partial charge in [0.25, 0.3) is 0 Å². The van der Waals surface area contributed by atoms with Crippen LogP contribution >= 0.6 is 22.9 Å². The van der Waals surface area contributed by atoms with Gasteiger partial charge in [-0.25, -0.2) is 4.98 Å². The fraction of sp³-hybridized carbons (Fsp3) is 0.357. The predicted octanol–water partition coefficient (Wildman–Crippen LogP) is 3.13. The highest BCUT2D eigenvalue weighted by Gasteiger charge is 2.20. The van der Waals surface area contributed by atoms with E-state index in [1.165, 1.54) is 10.6 Å². The summed E-state index contributed by atoms with van der Waals surface area (Å²) in [5.74, 6) is 1.18. The second-order valence-corrected chi connectivity index (χ2v) is 5.94. The van der Waals surface area contributed by atoms with Crippen LogP contribution in [0, 0.1) is 0 Å². The van der Waals surface area contributed by atoms with Gasteiger partial charge < -0.3 is 14.8 Å². The molecule has 1 aliphatic rings. The first-order chi connectivity index (χ1) is 9.74. The number of halogens is 1. The summed E-state index contributed by atoms with van der Waals surface area (Å²) in [6.07, 6.45) is 0.969. The van der Waals surface area contributed by atoms with Crippen LogP contribution in [0.3, 0.4) is 0 Å². The van der Waals surface area contributed by atoms with E-state index in [1.54, 1.807) is 25.6 Å². The van der Waals surface area contributed by atoms with Gasteiger partial charge in [0.15, 0.2) is 11.5 Å². The van der Waals surface area contributed by atoms with Gasteiger partial charge in [0.2, 0.25) is 0 Å². The number of hydrogen-bond acceptors (Lipinski definition) is 5. The Morgan fingerprint density at radius 3 is 2.85 bits per heavy atom. The molecule has 0 amide bonds. The third kappa shape index (κ3) is 2.26. The van der Waals surface area contributed by atoms with E-state index in [1.807, 2.05) is 12.1 Å². The second-order valence-electron chi connectivity index (χ2n) is 4.48. The summed E-state index contributed by atoms with van der Waals surface area (Å²) in [6, 6.07) is 3.79. The molecule has 0 unspecified atom stereocenters. The summed E-state index contributed by atoms with van der Waals surface area (Å²) in [7, 11) is 3.19. The maximum atomic E-state index is 6.44. The third-order valence-electron chi connectivity index (χ3n) is 3.32. The van der Waals surface area contributed by atoms with E-state index in [0.717, 1.165) is 30.1 Å². The van der Waals surface area contributed by atoms with Gasteiger partial charge in [0.05, 0.1) is 24.9 Å². The van der Waals surface area contributed by atoms with Gasteiger partial charge in [-0.1, -0.05) is 11.6 Å². The Morgan fingerprint density at radius 1 is 1.30 bits per heavy atom.